The number of likely N-dealkylation sites (tertiary alicyclic amines) is 1. The van der Waals surface area contributed by atoms with Crippen molar-refractivity contribution in [2.45, 2.75) is 19.4 Å². The Kier molecular flexibility index (Phi) is 5.83. The summed E-state index contributed by atoms with van der Waals surface area (Å²) >= 11 is 0. The standard InChI is InChI=1S/C22H22FN5O2/c23-17-8-6-15(7-9-17)13-25-21(29)16-4-3-11-28(14-16)22(30)20-12-19(26-27-20)18-5-1-2-10-24-18/h1-2,5-10,12,16H,3-4,11,13-14H2,(H,25,29)(H,26,27). The molecular weight excluding hydrogens is 385 g/mol. The predicted molar refractivity (Wildman–Crippen MR) is 109 cm³/mol. The number of rotatable bonds is 5. The van der Waals surface area contributed by atoms with E-state index in [9.17, 15) is 14.0 Å². The molecule has 7 nitrogen and oxygen atoms in total. The number of pyridine rings is 1. The first-order valence-corrected chi connectivity index (χ1v) is 9.88. The van der Waals surface area contributed by atoms with Gasteiger partial charge in [0.1, 0.15) is 17.2 Å². The second-order valence-corrected chi connectivity index (χ2v) is 7.32. The summed E-state index contributed by atoms with van der Waals surface area (Å²) in [5.41, 5.74) is 2.49. The molecule has 1 fully saturated rings. The molecule has 0 bridgehead atoms. The van der Waals surface area contributed by atoms with Crippen molar-refractivity contribution in [3.8, 4) is 11.4 Å². The smallest absolute Gasteiger partial charge is 0.271 e. The van der Waals surface area contributed by atoms with E-state index in [0.717, 1.165) is 18.4 Å². The number of hydrogen-bond acceptors (Lipinski definition) is 4. The number of H-pyrrole nitrogens is 1. The third-order valence-electron chi connectivity index (χ3n) is 5.19. The molecular formula is C22H22FN5O2. The number of carbonyl (C=O) groups excluding carboxylic acids is 2. The Morgan fingerprint density at radius 1 is 1.17 bits per heavy atom. The zero-order valence-corrected chi connectivity index (χ0v) is 16.3. The van der Waals surface area contributed by atoms with Gasteiger partial charge in [-0.05, 0) is 48.7 Å². The van der Waals surface area contributed by atoms with Gasteiger partial charge in [0.2, 0.25) is 5.91 Å². The fourth-order valence-electron chi connectivity index (χ4n) is 3.56. The summed E-state index contributed by atoms with van der Waals surface area (Å²) in [4.78, 5) is 31.4. The van der Waals surface area contributed by atoms with Crippen LogP contribution < -0.4 is 5.32 Å². The number of halogens is 1. The minimum Gasteiger partial charge on any atom is -0.352 e. The quantitative estimate of drug-likeness (QED) is 0.680. The predicted octanol–water partition coefficient (Wildman–Crippen LogP) is 2.78. The second kappa shape index (κ2) is 8.86. The van der Waals surface area contributed by atoms with Crippen LogP contribution in [0.4, 0.5) is 4.39 Å². The Hall–Kier alpha value is -3.55. The molecule has 154 valence electrons. The lowest BCUT2D eigenvalue weighted by Gasteiger charge is -2.31. The fraction of sp³-hybridized carbons (Fsp3) is 0.273. The van der Waals surface area contributed by atoms with E-state index in [-0.39, 0.29) is 23.5 Å². The van der Waals surface area contributed by atoms with Crippen LogP contribution in [0.15, 0.2) is 54.7 Å². The number of nitrogens with one attached hydrogen (secondary N) is 2. The summed E-state index contributed by atoms with van der Waals surface area (Å²) in [6, 6.07) is 13.2. The maximum absolute atomic E-state index is 13.0. The van der Waals surface area contributed by atoms with Crippen molar-refractivity contribution in [2.75, 3.05) is 13.1 Å². The van der Waals surface area contributed by atoms with Gasteiger partial charge in [-0.2, -0.15) is 5.10 Å². The number of nitrogens with zero attached hydrogens (tertiary/aromatic N) is 3. The van der Waals surface area contributed by atoms with Crippen LogP contribution in [0.5, 0.6) is 0 Å². The van der Waals surface area contributed by atoms with Crippen LogP contribution in [0.2, 0.25) is 0 Å². The second-order valence-electron chi connectivity index (χ2n) is 7.32. The van der Waals surface area contributed by atoms with Crippen LogP contribution in [0.1, 0.15) is 28.9 Å². The van der Waals surface area contributed by atoms with Crippen LogP contribution in [-0.4, -0.2) is 45.0 Å². The minimum absolute atomic E-state index is 0.101. The molecule has 1 unspecified atom stereocenters. The lowest BCUT2D eigenvalue weighted by atomic mass is 9.96. The molecule has 30 heavy (non-hydrogen) atoms. The average Bonchev–Trinajstić information content (AvgIpc) is 3.29. The average molecular weight is 407 g/mol. The number of amides is 2. The van der Waals surface area contributed by atoms with Crippen molar-refractivity contribution in [1.29, 1.82) is 0 Å². The highest BCUT2D eigenvalue weighted by atomic mass is 19.1. The highest BCUT2D eigenvalue weighted by Gasteiger charge is 2.29. The first-order chi connectivity index (χ1) is 14.6. The molecule has 3 aromatic rings. The Morgan fingerprint density at radius 2 is 2.00 bits per heavy atom. The van der Waals surface area contributed by atoms with Crippen LogP contribution in [0, 0.1) is 11.7 Å². The molecule has 0 saturated carbocycles. The Morgan fingerprint density at radius 3 is 2.77 bits per heavy atom. The maximum atomic E-state index is 13.0. The Bertz CT molecular complexity index is 1020. The zero-order chi connectivity index (χ0) is 20.9. The molecule has 0 radical (unpaired) electrons. The molecule has 1 aliphatic heterocycles. The summed E-state index contributed by atoms with van der Waals surface area (Å²) in [6.07, 6.45) is 3.15. The van der Waals surface area contributed by atoms with E-state index in [1.165, 1.54) is 12.1 Å². The minimum atomic E-state index is -0.309. The summed E-state index contributed by atoms with van der Waals surface area (Å²) < 4.78 is 13.0. The van der Waals surface area contributed by atoms with E-state index < -0.39 is 0 Å². The number of aromatic amines is 1. The van der Waals surface area contributed by atoms with Crippen molar-refractivity contribution >= 4 is 11.8 Å². The van der Waals surface area contributed by atoms with Crippen molar-refractivity contribution in [3.05, 3.63) is 71.8 Å². The van der Waals surface area contributed by atoms with E-state index in [2.05, 4.69) is 20.5 Å². The Balaban J connectivity index is 1.36. The summed E-state index contributed by atoms with van der Waals surface area (Å²) in [5.74, 6) is -0.867. The van der Waals surface area contributed by atoms with E-state index in [4.69, 9.17) is 0 Å². The lowest BCUT2D eigenvalue weighted by Crippen LogP contribution is -2.45. The number of aromatic nitrogens is 3. The van der Waals surface area contributed by atoms with Crippen molar-refractivity contribution in [2.24, 2.45) is 5.92 Å². The van der Waals surface area contributed by atoms with Gasteiger partial charge >= 0.3 is 0 Å². The van der Waals surface area contributed by atoms with Gasteiger partial charge in [0.05, 0.1) is 11.6 Å². The molecule has 3 heterocycles. The molecule has 0 aliphatic carbocycles. The summed E-state index contributed by atoms with van der Waals surface area (Å²) in [5, 5.41) is 9.85. The fourth-order valence-corrected chi connectivity index (χ4v) is 3.56. The molecule has 8 heteroatoms. The largest absolute Gasteiger partial charge is 0.352 e. The summed E-state index contributed by atoms with van der Waals surface area (Å²) in [7, 11) is 0. The van der Waals surface area contributed by atoms with E-state index in [0.29, 0.717) is 36.7 Å². The van der Waals surface area contributed by atoms with Gasteiger partial charge in [0, 0.05) is 25.8 Å². The van der Waals surface area contributed by atoms with Gasteiger partial charge in [-0.3, -0.25) is 19.7 Å². The topological polar surface area (TPSA) is 91.0 Å². The van der Waals surface area contributed by atoms with Crippen LogP contribution in [0.25, 0.3) is 11.4 Å². The number of piperidine rings is 1. The van der Waals surface area contributed by atoms with Gasteiger partial charge in [0.15, 0.2) is 0 Å². The molecule has 2 aromatic heterocycles. The number of benzene rings is 1. The first kappa shape index (κ1) is 19.8. The monoisotopic (exact) mass is 407 g/mol. The highest BCUT2D eigenvalue weighted by molar-refractivity contribution is 5.93. The number of hydrogen-bond donors (Lipinski definition) is 2. The molecule has 1 atom stereocenters. The molecule has 1 aliphatic rings. The van der Waals surface area contributed by atoms with Gasteiger partial charge in [0.25, 0.3) is 5.91 Å². The van der Waals surface area contributed by atoms with Crippen LogP contribution in [0.3, 0.4) is 0 Å². The molecule has 2 amide bonds. The molecule has 0 spiro atoms. The van der Waals surface area contributed by atoms with E-state index >= 15 is 0 Å². The summed E-state index contributed by atoms with van der Waals surface area (Å²) in [6.45, 7) is 1.28. The van der Waals surface area contributed by atoms with Gasteiger partial charge < -0.3 is 10.2 Å². The van der Waals surface area contributed by atoms with Gasteiger partial charge in [-0.15, -0.1) is 0 Å². The van der Waals surface area contributed by atoms with Crippen molar-refractivity contribution in [1.82, 2.24) is 25.4 Å². The third-order valence-corrected chi connectivity index (χ3v) is 5.19. The molecule has 4 rings (SSSR count). The SMILES string of the molecule is O=C(NCc1ccc(F)cc1)C1CCCN(C(=O)c2cc(-c3ccccn3)n[nH]2)C1. The molecule has 1 aromatic carbocycles. The van der Waals surface area contributed by atoms with Gasteiger partial charge in [-0.1, -0.05) is 18.2 Å². The first-order valence-electron chi connectivity index (χ1n) is 9.88. The van der Waals surface area contributed by atoms with E-state index in [1.54, 1.807) is 29.3 Å². The Labute approximate surface area is 173 Å². The zero-order valence-electron chi connectivity index (χ0n) is 16.3. The highest BCUT2D eigenvalue weighted by Crippen LogP contribution is 2.20. The maximum Gasteiger partial charge on any atom is 0.271 e. The third kappa shape index (κ3) is 4.53. The normalized spacial score (nSPS) is 16.3. The van der Waals surface area contributed by atoms with Crippen molar-refractivity contribution in [3.63, 3.8) is 0 Å². The van der Waals surface area contributed by atoms with Crippen LogP contribution in [-0.2, 0) is 11.3 Å². The lowest BCUT2D eigenvalue weighted by molar-refractivity contribution is -0.126. The molecule has 2 N–H and O–H groups in total. The molecule has 1 saturated heterocycles. The van der Waals surface area contributed by atoms with E-state index in [1.807, 2.05) is 18.2 Å². The van der Waals surface area contributed by atoms with Crippen LogP contribution >= 0.6 is 0 Å². The number of carbonyl (C=O) groups is 2. The van der Waals surface area contributed by atoms with Crippen molar-refractivity contribution < 1.29 is 14.0 Å². The van der Waals surface area contributed by atoms with Gasteiger partial charge in [-0.25, -0.2) is 4.39 Å².